The zero-order valence-electron chi connectivity index (χ0n) is 17.3. The molecular weight excluding hydrogens is 312 g/mol. The number of carboxylic acid groups (broad SMARTS) is 1. The molecule has 0 amide bonds. The van der Waals surface area contributed by atoms with Crippen LogP contribution in [0.25, 0.3) is 0 Å². The molecule has 0 saturated heterocycles. The van der Waals surface area contributed by atoms with Gasteiger partial charge in [0.05, 0.1) is 0 Å². The van der Waals surface area contributed by atoms with Gasteiger partial charge in [-0.15, -0.1) is 0 Å². The highest BCUT2D eigenvalue weighted by atomic mass is 16.4. The van der Waals surface area contributed by atoms with E-state index in [4.69, 9.17) is 5.11 Å². The molecular formula is C21H44N2O2. The molecule has 0 aromatic carbocycles. The number of unbranched alkanes of at least 4 members (excludes halogenated alkanes) is 10. The molecule has 0 bridgehead atoms. The Morgan fingerprint density at radius 3 is 1.64 bits per heavy atom. The predicted octanol–water partition coefficient (Wildman–Crippen LogP) is 5.03. The van der Waals surface area contributed by atoms with E-state index in [1.165, 1.54) is 83.8 Å². The molecule has 0 unspecified atom stereocenters. The Hall–Kier alpha value is -0.610. The molecule has 0 spiro atoms. The highest BCUT2D eigenvalue weighted by Crippen LogP contribution is 2.09. The molecule has 0 aliphatic heterocycles. The van der Waals surface area contributed by atoms with Crippen molar-refractivity contribution >= 4 is 5.97 Å². The molecule has 0 aromatic heterocycles. The number of rotatable bonds is 19. The Labute approximate surface area is 157 Å². The number of aliphatic carboxylic acids is 1. The van der Waals surface area contributed by atoms with Crippen molar-refractivity contribution in [3.05, 3.63) is 0 Å². The number of carbonyl (C=O) groups is 1. The lowest BCUT2D eigenvalue weighted by molar-refractivity contribution is -0.137. The maximum absolute atomic E-state index is 10.5. The van der Waals surface area contributed by atoms with Gasteiger partial charge in [-0.25, -0.2) is 0 Å². The van der Waals surface area contributed by atoms with Crippen LogP contribution >= 0.6 is 0 Å². The third kappa shape index (κ3) is 19.6. The Bertz CT molecular complexity index is 296. The predicted molar refractivity (Wildman–Crippen MR) is 108 cm³/mol. The SMILES string of the molecule is CCCCCCCCCN(CCCCCCCC(=O)O)CCN(C)C. The minimum absolute atomic E-state index is 0.327. The van der Waals surface area contributed by atoms with E-state index in [0.29, 0.717) is 6.42 Å². The number of carboxylic acids is 1. The zero-order chi connectivity index (χ0) is 18.8. The summed E-state index contributed by atoms with van der Waals surface area (Å²) < 4.78 is 0. The summed E-state index contributed by atoms with van der Waals surface area (Å²) in [4.78, 5) is 15.4. The van der Waals surface area contributed by atoms with Crippen molar-refractivity contribution in [2.75, 3.05) is 40.3 Å². The maximum Gasteiger partial charge on any atom is 0.303 e. The first kappa shape index (κ1) is 24.4. The fourth-order valence-electron chi connectivity index (χ4n) is 3.11. The van der Waals surface area contributed by atoms with Gasteiger partial charge in [0.15, 0.2) is 0 Å². The summed E-state index contributed by atoms with van der Waals surface area (Å²) in [5.41, 5.74) is 0. The highest BCUT2D eigenvalue weighted by Gasteiger charge is 2.05. The van der Waals surface area contributed by atoms with Gasteiger partial charge in [0.1, 0.15) is 0 Å². The Morgan fingerprint density at radius 2 is 1.16 bits per heavy atom. The second kappa shape index (κ2) is 18.2. The fraction of sp³-hybridized carbons (Fsp3) is 0.952. The molecule has 0 atom stereocenters. The van der Waals surface area contributed by atoms with Crippen LogP contribution in [0.5, 0.6) is 0 Å². The van der Waals surface area contributed by atoms with E-state index in [9.17, 15) is 4.79 Å². The minimum Gasteiger partial charge on any atom is -0.481 e. The smallest absolute Gasteiger partial charge is 0.303 e. The topological polar surface area (TPSA) is 43.8 Å². The van der Waals surface area contributed by atoms with E-state index >= 15 is 0 Å². The molecule has 4 heteroatoms. The molecule has 0 saturated carbocycles. The Morgan fingerprint density at radius 1 is 0.680 bits per heavy atom. The Balaban J connectivity index is 3.72. The summed E-state index contributed by atoms with van der Waals surface area (Å²) in [6, 6.07) is 0. The van der Waals surface area contributed by atoms with E-state index in [0.717, 1.165) is 19.4 Å². The summed E-state index contributed by atoms with van der Waals surface area (Å²) in [7, 11) is 4.29. The number of nitrogens with zero attached hydrogens (tertiary/aromatic N) is 2. The third-order valence-corrected chi connectivity index (χ3v) is 4.81. The monoisotopic (exact) mass is 356 g/mol. The first-order valence-electron chi connectivity index (χ1n) is 10.6. The first-order valence-corrected chi connectivity index (χ1v) is 10.6. The summed E-state index contributed by atoms with van der Waals surface area (Å²) in [5.74, 6) is -0.662. The van der Waals surface area contributed by atoms with Gasteiger partial charge in [0, 0.05) is 19.5 Å². The van der Waals surface area contributed by atoms with Crippen LogP contribution in [-0.4, -0.2) is 61.2 Å². The summed E-state index contributed by atoms with van der Waals surface area (Å²) in [5, 5.41) is 8.65. The molecule has 1 N–H and O–H groups in total. The lowest BCUT2D eigenvalue weighted by atomic mass is 10.1. The Kier molecular flexibility index (Phi) is 17.7. The lowest BCUT2D eigenvalue weighted by Gasteiger charge is -2.24. The summed E-state index contributed by atoms with van der Waals surface area (Å²) in [6.45, 7) is 7.01. The van der Waals surface area contributed by atoms with Gasteiger partial charge >= 0.3 is 5.97 Å². The normalized spacial score (nSPS) is 11.6. The van der Waals surface area contributed by atoms with Gasteiger partial charge in [-0.05, 0) is 46.4 Å². The molecule has 0 heterocycles. The molecule has 0 aromatic rings. The molecule has 0 fully saturated rings. The van der Waals surface area contributed by atoms with Crippen LogP contribution in [0.3, 0.4) is 0 Å². The first-order chi connectivity index (χ1) is 12.1. The van der Waals surface area contributed by atoms with Crippen LogP contribution in [0.15, 0.2) is 0 Å². The molecule has 0 radical (unpaired) electrons. The third-order valence-electron chi connectivity index (χ3n) is 4.81. The van der Waals surface area contributed by atoms with Gasteiger partial charge in [0.25, 0.3) is 0 Å². The molecule has 4 nitrogen and oxygen atoms in total. The van der Waals surface area contributed by atoms with E-state index in [2.05, 4.69) is 30.8 Å². The van der Waals surface area contributed by atoms with Crippen LogP contribution in [0.4, 0.5) is 0 Å². The number of hydrogen-bond donors (Lipinski definition) is 1. The van der Waals surface area contributed by atoms with Gasteiger partial charge < -0.3 is 14.9 Å². The summed E-state index contributed by atoms with van der Waals surface area (Å²) in [6.07, 6.45) is 15.5. The van der Waals surface area contributed by atoms with Crippen LogP contribution in [0, 0.1) is 0 Å². The second-order valence-electron chi connectivity index (χ2n) is 7.68. The minimum atomic E-state index is -0.662. The molecule has 25 heavy (non-hydrogen) atoms. The van der Waals surface area contributed by atoms with Crippen molar-refractivity contribution < 1.29 is 9.90 Å². The quantitative estimate of drug-likeness (QED) is 0.330. The van der Waals surface area contributed by atoms with E-state index < -0.39 is 5.97 Å². The standard InChI is InChI=1S/C21H44N2O2/c1-4-5-6-7-8-11-14-17-23(20-19-22(2)3)18-15-12-9-10-13-16-21(24)25/h4-20H2,1-3H3,(H,24,25). The molecule has 150 valence electrons. The van der Waals surface area contributed by atoms with Crippen molar-refractivity contribution in [3.63, 3.8) is 0 Å². The number of likely N-dealkylation sites (N-methyl/N-ethyl adjacent to an activating group) is 1. The van der Waals surface area contributed by atoms with Gasteiger partial charge in [-0.3, -0.25) is 4.79 Å². The maximum atomic E-state index is 10.5. The molecule has 0 aliphatic carbocycles. The van der Waals surface area contributed by atoms with Crippen LogP contribution in [-0.2, 0) is 4.79 Å². The fourth-order valence-corrected chi connectivity index (χ4v) is 3.11. The average molecular weight is 357 g/mol. The number of hydrogen-bond acceptors (Lipinski definition) is 3. The lowest BCUT2D eigenvalue weighted by Crippen LogP contribution is -2.33. The van der Waals surface area contributed by atoms with Crippen molar-refractivity contribution in [1.82, 2.24) is 9.80 Å². The van der Waals surface area contributed by atoms with Gasteiger partial charge in [-0.2, -0.15) is 0 Å². The van der Waals surface area contributed by atoms with Crippen LogP contribution in [0.1, 0.15) is 90.4 Å². The zero-order valence-corrected chi connectivity index (χ0v) is 17.3. The van der Waals surface area contributed by atoms with Crippen LogP contribution < -0.4 is 0 Å². The van der Waals surface area contributed by atoms with Gasteiger partial charge in [-0.1, -0.05) is 64.7 Å². The van der Waals surface area contributed by atoms with E-state index in [1.54, 1.807) is 0 Å². The average Bonchev–Trinajstić information content (AvgIpc) is 2.56. The molecule has 0 aliphatic rings. The van der Waals surface area contributed by atoms with Crippen molar-refractivity contribution in [2.45, 2.75) is 90.4 Å². The van der Waals surface area contributed by atoms with Crippen molar-refractivity contribution in [3.8, 4) is 0 Å². The van der Waals surface area contributed by atoms with Gasteiger partial charge in [0.2, 0.25) is 0 Å². The summed E-state index contributed by atoms with van der Waals surface area (Å²) >= 11 is 0. The van der Waals surface area contributed by atoms with E-state index in [-0.39, 0.29) is 0 Å². The van der Waals surface area contributed by atoms with Crippen molar-refractivity contribution in [1.29, 1.82) is 0 Å². The molecule has 0 rings (SSSR count). The second-order valence-corrected chi connectivity index (χ2v) is 7.68. The van der Waals surface area contributed by atoms with E-state index in [1.807, 2.05) is 0 Å². The van der Waals surface area contributed by atoms with Crippen LogP contribution in [0.2, 0.25) is 0 Å². The largest absolute Gasteiger partial charge is 0.481 e. The highest BCUT2D eigenvalue weighted by molar-refractivity contribution is 5.66. The van der Waals surface area contributed by atoms with Crippen molar-refractivity contribution in [2.24, 2.45) is 0 Å².